The van der Waals surface area contributed by atoms with Gasteiger partial charge in [-0.3, -0.25) is 18.6 Å². The summed E-state index contributed by atoms with van der Waals surface area (Å²) in [6.45, 7) is 1.27. The first-order chi connectivity index (χ1) is 22.1. The van der Waals surface area contributed by atoms with Crippen molar-refractivity contribution in [3.8, 4) is 0 Å². The average molecular weight is 666 g/mol. The Hall–Kier alpha value is -3.34. The van der Waals surface area contributed by atoms with Crippen molar-refractivity contribution in [3.05, 3.63) is 85.1 Å². The molecule has 0 fully saturated rings. The Morgan fingerprint density at radius 3 is 1.59 bits per heavy atom. The van der Waals surface area contributed by atoms with E-state index in [1.807, 2.05) is 12.2 Å². The van der Waals surface area contributed by atoms with Crippen molar-refractivity contribution >= 4 is 25.7 Å². The van der Waals surface area contributed by atoms with Crippen LogP contribution in [0.15, 0.2) is 85.1 Å². The molecule has 46 heavy (non-hydrogen) atoms. The first kappa shape index (κ1) is 42.7. The first-order valence-corrected chi connectivity index (χ1v) is 17.1. The van der Waals surface area contributed by atoms with Gasteiger partial charge >= 0.3 is 19.8 Å². The van der Waals surface area contributed by atoms with Crippen molar-refractivity contribution in [2.24, 2.45) is 0 Å². The molecule has 0 aromatic heterocycles. The van der Waals surface area contributed by atoms with Crippen molar-refractivity contribution in [1.82, 2.24) is 5.32 Å². The van der Waals surface area contributed by atoms with Gasteiger partial charge in [-0.05, 0) is 57.8 Å². The maximum absolute atomic E-state index is 12.1. The van der Waals surface area contributed by atoms with E-state index >= 15 is 0 Å². The standard InChI is InChI=1S/C34H52NO10P/c1-3-4-5-6-7-8-9-10-11-12-13-14-15-16-17-18-19-20-21-22-23-24-25-26-33(38)35-32(34(39)40)29-45-46(41,42)44-28-31(37)27-43-30(2)36/h4-5,7-8,10-11,13-14,16-17,19-20,22-23,31-32,37H,3,6,9,12,15,18,21,24-29H2,1-2H3,(H,35,38)(H,39,40)(H,41,42)/b5-4-,8-7-,11-10-,14-13-,17-16-,20-19-,23-22-. The number of phosphoric acid groups is 1. The van der Waals surface area contributed by atoms with E-state index in [-0.39, 0.29) is 6.42 Å². The van der Waals surface area contributed by atoms with Crippen LogP contribution in [-0.4, -0.2) is 64.9 Å². The summed E-state index contributed by atoms with van der Waals surface area (Å²) in [6.07, 6.45) is 36.0. The fourth-order valence-electron chi connectivity index (χ4n) is 3.38. The van der Waals surface area contributed by atoms with Gasteiger partial charge in [0.2, 0.25) is 5.91 Å². The van der Waals surface area contributed by atoms with Crippen molar-refractivity contribution in [1.29, 1.82) is 0 Å². The number of hydrogen-bond acceptors (Lipinski definition) is 8. The lowest BCUT2D eigenvalue weighted by molar-refractivity contribution is -0.144. The molecule has 0 aromatic carbocycles. The number of carbonyl (C=O) groups excluding carboxylic acids is 2. The first-order valence-electron chi connectivity index (χ1n) is 15.6. The van der Waals surface area contributed by atoms with E-state index < -0.39 is 57.6 Å². The number of carbonyl (C=O) groups is 3. The molecule has 0 aliphatic carbocycles. The molecule has 12 heteroatoms. The number of ether oxygens (including phenoxy) is 1. The minimum atomic E-state index is -4.73. The number of nitrogens with one attached hydrogen (secondary N) is 1. The van der Waals surface area contributed by atoms with Crippen molar-refractivity contribution in [2.75, 3.05) is 19.8 Å². The van der Waals surface area contributed by atoms with Gasteiger partial charge in [0.1, 0.15) is 12.7 Å². The normalized spacial score (nSPS) is 15.2. The Balaban J connectivity index is 4.03. The number of allylic oxidation sites excluding steroid dienone is 14. The van der Waals surface area contributed by atoms with E-state index in [0.717, 1.165) is 51.9 Å². The highest BCUT2D eigenvalue weighted by molar-refractivity contribution is 7.47. The molecular formula is C34H52NO10P. The third-order valence-electron chi connectivity index (χ3n) is 5.76. The van der Waals surface area contributed by atoms with Gasteiger partial charge in [-0.25, -0.2) is 9.36 Å². The Bertz CT molecular complexity index is 1110. The number of esters is 1. The van der Waals surface area contributed by atoms with E-state index in [2.05, 4.69) is 98.9 Å². The Morgan fingerprint density at radius 1 is 0.717 bits per heavy atom. The van der Waals surface area contributed by atoms with Gasteiger partial charge in [0.15, 0.2) is 6.04 Å². The second-order valence-corrected chi connectivity index (χ2v) is 11.4. The summed E-state index contributed by atoms with van der Waals surface area (Å²) in [5.41, 5.74) is 0. The van der Waals surface area contributed by atoms with Crippen LogP contribution in [0, 0.1) is 0 Å². The number of aliphatic hydroxyl groups excluding tert-OH is 1. The topological polar surface area (TPSA) is 169 Å². The van der Waals surface area contributed by atoms with Crippen LogP contribution in [0.5, 0.6) is 0 Å². The van der Waals surface area contributed by atoms with Crippen LogP contribution in [0.2, 0.25) is 0 Å². The third kappa shape index (κ3) is 29.4. The van der Waals surface area contributed by atoms with Gasteiger partial charge in [-0.15, -0.1) is 0 Å². The van der Waals surface area contributed by atoms with Crippen molar-refractivity contribution < 1.29 is 47.8 Å². The lowest BCUT2D eigenvalue weighted by Crippen LogP contribution is -2.43. The van der Waals surface area contributed by atoms with E-state index in [9.17, 15) is 34.1 Å². The molecule has 4 N–H and O–H groups in total. The molecule has 0 radical (unpaired) electrons. The second kappa shape index (κ2) is 29.1. The minimum absolute atomic E-state index is 0.0592. The number of amides is 1. The van der Waals surface area contributed by atoms with E-state index in [1.165, 1.54) is 0 Å². The molecule has 0 bridgehead atoms. The number of rotatable bonds is 27. The lowest BCUT2D eigenvalue weighted by Gasteiger charge is -2.18. The lowest BCUT2D eigenvalue weighted by atomic mass is 10.2. The Kier molecular flexibility index (Phi) is 27.0. The van der Waals surface area contributed by atoms with Gasteiger partial charge < -0.3 is 25.2 Å². The average Bonchev–Trinajstić information content (AvgIpc) is 3.01. The zero-order valence-electron chi connectivity index (χ0n) is 27.1. The molecule has 0 saturated carbocycles. The zero-order valence-corrected chi connectivity index (χ0v) is 28.0. The number of aliphatic carboxylic acids is 1. The maximum atomic E-state index is 12.1. The van der Waals surface area contributed by atoms with Crippen LogP contribution in [-0.2, 0) is 32.7 Å². The summed E-state index contributed by atoms with van der Waals surface area (Å²) in [5, 5.41) is 21.1. The SMILES string of the molecule is CC/C=C\C/C=C\C/C=C\C/C=C\C/C=C\C/C=C\C/C=C\CCCC(=O)NC(COP(=O)(O)OCC(O)COC(C)=O)C(=O)O. The quantitative estimate of drug-likeness (QED) is 0.0332. The van der Waals surface area contributed by atoms with Gasteiger partial charge in [-0.1, -0.05) is 92.0 Å². The van der Waals surface area contributed by atoms with E-state index in [1.54, 1.807) is 0 Å². The van der Waals surface area contributed by atoms with Crippen LogP contribution in [0.1, 0.15) is 78.1 Å². The van der Waals surface area contributed by atoms with Crippen LogP contribution in [0.3, 0.4) is 0 Å². The van der Waals surface area contributed by atoms with E-state index in [4.69, 9.17) is 0 Å². The second-order valence-electron chi connectivity index (χ2n) is 9.99. The predicted octanol–water partition coefficient (Wildman–Crippen LogP) is 6.43. The highest BCUT2D eigenvalue weighted by Crippen LogP contribution is 2.43. The number of hydrogen-bond donors (Lipinski definition) is 4. The number of carboxylic acids is 1. The fourth-order valence-corrected chi connectivity index (χ4v) is 4.15. The van der Waals surface area contributed by atoms with Gasteiger partial charge in [0.05, 0.1) is 13.2 Å². The smallest absolute Gasteiger partial charge is 0.472 e. The molecule has 3 unspecified atom stereocenters. The summed E-state index contributed by atoms with van der Waals surface area (Å²) in [6, 6.07) is -1.58. The summed E-state index contributed by atoms with van der Waals surface area (Å²) >= 11 is 0. The molecule has 0 heterocycles. The predicted molar refractivity (Wildman–Crippen MR) is 180 cm³/mol. The largest absolute Gasteiger partial charge is 0.480 e. The van der Waals surface area contributed by atoms with Gasteiger partial charge in [0, 0.05) is 13.3 Å². The molecule has 11 nitrogen and oxygen atoms in total. The number of unbranched alkanes of at least 4 members (excludes halogenated alkanes) is 1. The number of phosphoric ester groups is 1. The van der Waals surface area contributed by atoms with Crippen LogP contribution < -0.4 is 5.32 Å². The molecule has 258 valence electrons. The molecule has 0 aromatic rings. The van der Waals surface area contributed by atoms with Crippen LogP contribution in [0.4, 0.5) is 0 Å². The Morgan fingerprint density at radius 2 is 1.15 bits per heavy atom. The molecule has 1 amide bonds. The van der Waals surface area contributed by atoms with Crippen LogP contribution >= 0.6 is 7.82 Å². The van der Waals surface area contributed by atoms with Crippen LogP contribution in [0.25, 0.3) is 0 Å². The highest BCUT2D eigenvalue weighted by atomic mass is 31.2. The van der Waals surface area contributed by atoms with Crippen molar-refractivity contribution in [2.45, 2.75) is 90.2 Å². The maximum Gasteiger partial charge on any atom is 0.472 e. The molecular weight excluding hydrogens is 613 g/mol. The van der Waals surface area contributed by atoms with Gasteiger partial charge in [-0.2, -0.15) is 0 Å². The molecule has 0 saturated heterocycles. The van der Waals surface area contributed by atoms with Crippen molar-refractivity contribution in [3.63, 3.8) is 0 Å². The molecule has 0 rings (SSSR count). The third-order valence-corrected chi connectivity index (χ3v) is 6.71. The van der Waals surface area contributed by atoms with E-state index in [0.29, 0.717) is 12.8 Å². The summed E-state index contributed by atoms with van der Waals surface area (Å²) in [5.74, 6) is -2.66. The summed E-state index contributed by atoms with van der Waals surface area (Å²) < 4.78 is 25.6. The van der Waals surface area contributed by atoms with Gasteiger partial charge in [0.25, 0.3) is 0 Å². The zero-order chi connectivity index (χ0) is 34.3. The number of aliphatic hydroxyl groups is 1. The summed E-state index contributed by atoms with van der Waals surface area (Å²) in [7, 11) is -4.73. The Labute approximate surface area is 273 Å². The molecule has 0 spiro atoms. The minimum Gasteiger partial charge on any atom is -0.480 e. The summed E-state index contributed by atoms with van der Waals surface area (Å²) in [4.78, 5) is 43.9. The highest BCUT2D eigenvalue weighted by Gasteiger charge is 2.28. The monoisotopic (exact) mass is 665 g/mol. The molecule has 3 atom stereocenters. The number of carboxylic acid groups (broad SMARTS) is 1. The molecule has 0 aliphatic heterocycles. The fraction of sp³-hybridized carbons (Fsp3) is 0.500. The molecule has 0 aliphatic rings.